The van der Waals surface area contributed by atoms with E-state index in [2.05, 4.69) is 5.10 Å². The molecule has 0 spiro atoms. The van der Waals surface area contributed by atoms with E-state index in [0.717, 1.165) is 12.1 Å². The zero-order valence-corrected chi connectivity index (χ0v) is 10.1. The monoisotopic (exact) mass is 242 g/mol. The van der Waals surface area contributed by atoms with Crippen LogP contribution in [0.4, 0.5) is 5.69 Å². The summed E-state index contributed by atoms with van der Waals surface area (Å²) in [6.07, 6.45) is 3.70. The van der Waals surface area contributed by atoms with Crippen LogP contribution in [0.5, 0.6) is 5.75 Å². The lowest BCUT2D eigenvalue weighted by Gasteiger charge is -2.07. The molecule has 5 heteroatoms. The first kappa shape index (κ1) is 12.0. The maximum absolute atomic E-state index is 8.73. The first-order valence-corrected chi connectivity index (χ1v) is 5.66. The zero-order valence-electron chi connectivity index (χ0n) is 10.1. The molecule has 0 aliphatic heterocycles. The van der Waals surface area contributed by atoms with Crippen LogP contribution in [0.3, 0.4) is 0 Å². The average Bonchev–Trinajstić information content (AvgIpc) is 2.85. The minimum atomic E-state index is 0.413. The number of aromatic nitrogens is 2. The molecule has 0 saturated carbocycles. The van der Waals surface area contributed by atoms with Gasteiger partial charge >= 0.3 is 0 Å². The largest absolute Gasteiger partial charge is 0.487 e. The van der Waals surface area contributed by atoms with Crippen LogP contribution in [-0.4, -0.2) is 9.78 Å². The van der Waals surface area contributed by atoms with Crippen LogP contribution >= 0.6 is 0 Å². The number of nitriles is 1. The lowest BCUT2D eigenvalue weighted by atomic mass is 10.2. The predicted molar refractivity (Wildman–Crippen MR) is 67.8 cm³/mol. The van der Waals surface area contributed by atoms with Gasteiger partial charge in [-0.15, -0.1) is 0 Å². The number of benzene rings is 1. The highest BCUT2D eigenvalue weighted by molar-refractivity contribution is 5.56. The molecule has 92 valence electrons. The van der Waals surface area contributed by atoms with Gasteiger partial charge in [-0.05, 0) is 25.1 Å². The predicted octanol–water partition coefficient (Wildman–Crippen LogP) is 1.94. The van der Waals surface area contributed by atoms with E-state index in [4.69, 9.17) is 15.7 Å². The van der Waals surface area contributed by atoms with Gasteiger partial charge in [0.1, 0.15) is 12.4 Å². The van der Waals surface area contributed by atoms with Crippen molar-refractivity contribution in [1.82, 2.24) is 9.78 Å². The van der Waals surface area contributed by atoms with Gasteiger partial charge in [0, 0.05) is 18.3 Å². The number of nitrogen functional groups attached to an aromatic ring is 1. The number of ether oxygens (including phenoxy) is 1. The fourth-order valence-corrected chi connectivity index (χ4v) is 1.56. The van der Waals surface area contributed by atoms with Crippen molar-refractivity contribution in [3.05, 3.63) is 41.7 Å². The highest BCUT2D eigenvalue weighted by Crippen LogP contribution is 2.23. The fraction of sp³-hybridized carbons (Fsp3) is 0.231. The first-order chi connectivity index (χ1) is 8.72. The van der Waals surface area contributed by atoms with Crippen LogP contribution < -0.4 is 10.5 Å². The number of anilines is 1. The van der Waals surface area contributed by atoms with Gasteiger partial charge in [-0.1, -0.05) is 0 Å². The number of aryl methyl sites for hydroxylation is 1. The van der Waals surface area contributed by atoms with Gasteiger partial charge in [-0.2, -0.15) is 10.4 Å². The quantitative estimate of drug-likeness (QED) is 0.831. The number of hydrogen-bond donors (Lipinski definition) is 1. The van der Waals surface area contributed by atoms with Crippen molar-refractivity contribution in [3.63, 3.8) is 0 Å². The van der Waals surface area contributed by atoms with Crippen LogP contribution in [0.1, 0.15) is 18.1 Å². The summed E-state index contributed by atoms with van der Waals surface area (Å²) in [4.78, 5) is 0. The Hall–Kier alpha value is -2.48. The van der Waals surface area contributed by atoms with Gasteiger partial charge < -0.3 is 10.5 Å². The van der Waals surface area contributed by atoms with E-state index < -0.39 is 0 Å². The fourth-order valence-electron chi connectivity index (χ4n) is 1.56. The third kappa shape index (κ3) is 2.61. The summed E-state index contributed by atoms with van der Waals surface area (Å²) < 4.78 is 7.43. The maximum Gasteiger partial charge on any atom is 0.142 e. The standard InChI is InChI=1S/C13H14N4O/c1-2-17-8-11(7-16-17)9-18-13-4-3-10(6-14)5-12(13)15/h3-5,7-8H,2,9,15H2,1H3. The zero-order chi connectivity index (χ0) is 13.0. The van der Waals surface area contributed by atoms with Crippen molar-refractivity contribution in [2.75, 3.05) is 5.73 Å². The van der Waals surface area contributed by atoms with Crippen LogP contribution in [0.25, 0.3) is 0 Å². The highest BCUT2D eigenvalue weighted by Gasteiger charge is 2.03. The summed E-state index contributed by atoms with van der Waals surface area (Å²) >= 11 is 0. The molecule has 5 nitrogen and oxygen atoms in total. The third-order valence-electron chi connectivity index (χ3n) is 2.54. The molecule has 1 heterocycles. The summed E-state index contributed by atoms with van der Waals surface area (Å²) in [5, 5.41) is 12.9. The highest BCUT2D eigenvalue weighted by atomic mass is 16.5. The van der Waals surface area contributed by atoms with Crippen LogP contribution in [0, 0.1) is 11.3 Å². The Morgan fingerprint density at radius 3 is 2.94 bits per heavy atom. The molecule has 0 aliphatic rings. The minimum absolute atomic E-state index is 0.413. The summed E-state index contributed by atoms with van der Waals surface area (Å²) in [6.45, 7) is 3.27. The molecule has 0 atom stereocenters. The molecule has 2 N–H and O–H groups in total. The van der Waals surface area contributed by atoms with E-state index in [-0.39, 0.29) is 0 Å². The third-order valence-corrected chi connectivity index (χ3v) is 2.54. The van der Waals surface area contributed by atoms with Gasteiger partial charge in [0.2, 0.25) is 0 Å². The SMILES string of the molecule is CCn1cc(COc2ccc(C#N)cc2N)cn1. The van der Waals surface area contributed by atoms with Crippen molar-refractivity contribution < 1.29 is 4.74 Å². The Bertz CT molecular complexity index is 583. The number of nitrogens with zero attached hydrogens (tertiary/aromatic N) is 3. The average molecular weight is 242 g/mol. The molecule has 1 aromatic heterocycles. The molecule has 0 bridgehead atoms. The molecular weight excluding hydrogens is 228 g/mol. The van der Waals surface area contributed by atoms with Gasteiger partial charge in [-0.25, -0.2) is 0 Å². The number of nitrogens with two attached hydrogens (primary N) is 1. The topological polar surface area (TPSA) is 76.9 Å². The molecular formula is C13H14N4O. The summed E-state index contributed by atoms with van der Waals surface area (Å²) in [7, 11) is 0. The van der Waals surface area contributed by atoms with E-state index in [1.54, 1.807) is 24.4 Å². The Morgan fingerprint density at radius 1 is 1.50 bits per heavy atom. The van der Waals surface area contributed by atoms with Crippen molar-refractivity contribution in [3.8, 4) is 11.8 Å². The Morgan fingerprint density at radius 2 is 2.33 bits per heavy atom. The van der Waals surface area contributed by atoms with E-state index in [9.17, 15) is 0 Å². The van der Waals surface area contributed by atoms with Crippen LogP contribution in [0.2, 0.25) is 0 Å². The van der Waals surface area contributed by atoms with Crippen molar-refractivity contribution in [1.29, 1.82) is 5.26 Å². The van der Waals surface area contributed by atoms with E-state index >= 15 is 0 Å². The number of rotatable bonds is 4. The lowest BCUT2D eigenvalue weighted by molar-refractivity contribution is 0.308. The van der Waals surface area contributed by atoms with E-state index in [1.165, 1.54) is 0 Å². The van der Waals surface area contributed by atoms with Gasteiger partial charge in [0.15, 0.2) is 0 Å². The molecule has 0 fully saturated rings. The summed E-state index contributed by atoms with van der Waals surface area (Å²) in [6, 6.07) is 7.02. The van der Waals surface area contributed by atoms with E-state index in [0.29, 0.717) is 23.6 Å². The molecule has 0 unspecified atom stereocenters. The Kier molecular flexibility index (Phi) is 3.49. The minimum Gasteiger partial charge on any atom is -0.487 e. The van der Waals surface area contributed by atoms with Gasteiger partial charge in [0.25, 0.3) is 0 Å². The molecule has 1 aromatic carbocycles. The molecule has 0 radical (unpaired) electrons. The van der Waals surface area contributed by atoms with Crippen molar-refractivity contribution in [2.24, 2.45) is 0 Å². The second-order valence-electron chi connectivity index (χ2n) is 3.86. The molecule has 0 amide bonds. The normalized spacial score (nSPS) is 10.0. The second kappa shape index (κ2) is 5.23. The maximum atomic E-state index is 8.73. The molecule has 0 saturated heterocycles. The van der Waals surface area contributed by atoms with Crippen LogP contribution in [0.15, 0.2) is 30.6 Å². The molecule has 2 rings (SSSR count). The Labute approximate surface area is 105 Å². The Balaban J connectivity index is 2.04. The second-order valence-corrected chi connectivity index (χ2v) is 3.86. The summed E-state index contributed by atoms with van der Waals surface area (Å²) in [5.41, 5.74) is 7.78. The molecule has 2 aromatic rings. The molecule has 0 aliphatic carbocycles. The first-order valence-electron chi connectivity index (χ1n) is 5.66. The summed E-state index contributed by atoms with van der Waals surface area (Å²) in [5.74, 6) is 0.582. The molecule has 18 heavy (non-hydrogen) atoms. The van der Waals surface area contributed by atoms with Gasteiger partial charge in [0.05, 0.1) is 23.5 Å². The van der Waals surface area contributed by atoms with E-state index in [1.807, 2.05) is 23.9 Å². The van der Waals surface area contributed by atoms with Crippen LogP contribution in [-0.2, 0) is 13.2 Å². The van der Waals surface area contributed by atoms with Gasteiger partial charge in [-0.3, -0.25) is 4.68 Å². The van der Waals surface area contributed by atoms with Crippen molar-refractivity contribution in [2.45, 2.75) is 20.1 Å². The number of hydrogen-bond acceptors (Lipinski definition) is 4. The lowest BCUT2D eigenvalue weighted by Crippen LogP contribution is -1.98. The smallest absolute Gasteiger partial charge is 0.142 e. The van der Waals surface area contributed by atoms with Crippen molar-refractivity contribution >= 4 is 5.69 Å².